The van der Waals surface area contributed by atoms with Crippen molar-refractivity contribution in [3.05, 3.63) is 78.3 Å². The van der Waals surface area contributed by atoms with E-state index in [-0.39, 0.29) is 30.9 Å². The highest BCUT2D eigenvalue weighted by Gasteiger charge is 2.37. The molecule has 2 amide bonds. The molecule has 35 heavy (non-hydrogen) atoms. The molecule has 180 valence electrons. The maximum absolute atomic E-state index is 13.6. The van der Waals surface area contributed by atoms with Crippen molar-refractivity contribution >= 4 is 23.2 Å². The number of carbonyl (C=O) groups excluding carboxylic acids is 2. The predicted molar refractivity (Wildman–Crippen MR) is 130 cm³/mol. The zero-order chi connectivity index (χ0) is 24.4. The molecule has 0 aliphatic carbocycles. The van der Waals surface area contributed by atoms with Gasteiger partial charge in [-0.3, -0.25) is 9.59 Å². The topological polar surface area (TPSA) is 96.6 Å². The van der Waals surface area contributed by atoms with Gasteiger partial charge in [0.05, 0.1) is 37.9 Å². The summed E-state index contributed by atoms with van der Waals surface area (Å²) in [7, 11) is 3.18. The van der Waals surface area contributed by atoms with E-state index in [1.165, 1.54) is 5.01 Å². The number of methoxy groups -OCH3 is 1. The second-order valence-electron chi connectivity index (χ2n) is 8.32. The highest BCUT2D eigenvalue weighted by atomic mass is 16.5. The first-order valence-electron chi connectivity index (χ1n) is 11.4. The number of hydrazone groups is 1. The molecule has 1 N–H and O–H groups in total. The number of nitrogens with zero attached hydrogens (tertiary/aromatic N) is 3. The molecular weight excluding hydrogens is 448 g/mol. The SMILES string of the molecule is CNC(=O)[C@H]1CN(CC(=O)N2N=C(c3ccc(OC)cc3)C[C@@H]2c2ccco2)c2ccccc2O1. The molecule has 0 saturated heterocycles. The first kappa shape index (κ1) is 22.5. The average Bonchev–Trinajstić information content (AvgIpc) is 3.58. The van der Waals surface area contributed by atoms with Crippen LogP contribution in [0.15, 0.2) is 76.4 Å². The molecule has 3 heterocycles. The van der Waals surface area contributed by atoms with Gasteiger partial charge in [0.25, 0.3) is 11.8 Å². The van der Waals surface area contributed by atoms with Crippen molar-refractivity contribution in [1.82, 2.24) is 10.3 Å². The molecule has 0 bridgehead atoms. The minimum absolute atomic E-state index is 0.0322. The Morgan fingerprint density at radius 2 is 1.91 bits per heavy atom. The average molecular weight is 475 g/mol. The van der Waals surface area contributed by atoms with Crippen LogP contribution < -0.4 is 19.7 Å². The normalized spacial score (nSPS) is 19.0. The Labute approximate surface area is 202 Å². The predicted octanol–water partition coefficient (Wildman–Crippen LogP) is 2.98. The zero-order valence-corrected chi connectivity index (χ0v) is 19.5. The number of hydrogen-bond acceptors (Lipinski definition) is 7. The summed E-state index contributed by atoms with van der Waals surface area (Å²) in [5.74, 6) is 1.52. The third-order valence-electron chi connectivity index (χ3n) is 6.19. The van der Waals surface area contributed by atoms with Gasteiger partial charge >= 0.3 is 0 Å². The fraction of sp³-hybridized carbons (Fsp3) is 0.269. The van der Waals surface area contributed by atoms with E-state index < -0.39 is 6.10 Å². The van der Waals surface area contributed by atoms with Crippen LogP contribution in [-0.4, -0.2) is 55.9 Å². The van der Waals surface area contributed by atoms with Crippen molar-refractivity contribution in [2.24, 2.45) is 5.10 Å². The lowest BCUT2D eigenvalue weighted by Crippen LogP contribution is -2.50. The Morgan fingerprint density at radius 1 is 1.11 bits per heavy atom. The largest absolute Gasteiger partial charge is 0.497 e. The van der Waals surface area contributed by atoms with Crippen molar-refractivity contribution in [2.75, 3.05) is 32.1 Å². The van der Waals surface area contributed by atoms with Gasteiger partial charge in [-0.05, 0) is 54.1 Å². The van der Waals surface area contributed by atoms with Crippen LogP contribution in [0.25, 0.3) is 0 Å². The number of furan rings is 1. The molecule has 3 aromatic rings. The summed E-state index contributed by atoms with van der Waals surface area (Å²) in [6, 6.07) is 18.3. The summed E-state index contributed by atoms with van der Waals surface area (Å²) in [6.45, 7) is 0.279. The lowest BCUT2D eigenvalue weighted by atomic mass is 10.0. The van der Waals surface area contributed by atoms with Crippen molar-refractivity contribution in [2.45, 2.75) is 18.6 Å². The minimum Gasteiger partial charge on any atom is -0.497 e. The second kappa shape index (κ2) is 9.54. The fourth-order valence-corrected chi connectivity index (χ4v) is 4.39. The van der Waals surface area contributed by atoms with Gasteiger partial charge in [-0.2, -0.15) is 5.10 Å². The van der Waals surface area contributed by atoms with E-state index in [9.17, 15) is 9.59 Å². The molecule has 0 radical (unpaired) electrons. The van der Waals surface area contributed by atoms with E-state index in [1.807, 2.05) is 53.4 Å². The van der Waals surface area contributed by atoms with E-state index >= 15 is 0 Å². The number of amides is 2. The summed E-state index contributed by atoms with van der Waals surface area (Å²) >= 11 is 0. The number of para-hydroxylation sites is 2. The lowest BCUT2D eigenvalue weighted by molar-refractivity contribution is -0.132. The zero-order valence-electron chi connectivity index (χ0n) is 19.5. The van der Waals surface area contributed by atoms with E-state index in [0.29, 0.717) is 17.9 Å². The molecule has 1 aromatic heterocycles. The summed E-state index contributed by atoms with van der Waals surface area (Å²) in [4.78, 5) is 27.8. The third kappa shape index (κ3) is 4.44. The van der Waals surface area contributed by atoms with Crippen LogP contribution in [0.1, 0.15) is 23.8 Å². The van der Waals surface area contributed by atoms with Crippen LogP contribution in [-0.2, 0) is 9.59 Å². The number of benzene rings is 2. The summed E-state index contributed by atoms with van der Waals surface area (Å²) < 4.78 is 16.8. The van der Waals surface area contributed by atoms with Gasteiger partial charge in [0, 0.05) is 13.5 Å². The Morgan fingerprint density at radius 3 is 2.63 bits per heavy atom. The lowest BCUT2D eigenvalue weighted by Gasteiger charge is -2.35. The van der Waals surface area contributed by atoms with Crippen LogP contribution in [0.4, 0.5) is 5.69 Å². The molecule has 0 spiro atoms. The van der Waals surface area contributed by atoms with Gasteiger partial charge in [0.15, 0.2) is 6.10 Å². The van der Waals surface area contributed by atoms with E-state index in [1.54, 1.807) is 32.6 Å². The molecule has 2 aliphatic heterocycles. The molecule has 0 fully saturated rings. The molecule has 2 atom stereocenters. The van der Waals surface area contributed by atoms with Gasteiger partial charge < -0.3 is 24.1 Å². The summed E-state index contributed by atoms with van der Waals surface area (Å²) in [6.07, 6.45) is 1.39. The number of ether oxygens (including phenoxy) is 2. The number of likely N-dealkylation sites (N-methyl/N-ethyl adjacent to an activating group) is 1. The highest BCUT2D eigenvalue weighted by Crippen LogP contribution is 2.36. The summed E-state index contributed by atoms with van der Waals surface area (Å²) in [5, 5.41) is 8.82. The summed E-state index contributed by atoms with van der Waals surface area (Å²) in [5.41, 5.74) is 2.45. The highest BCUT2D eigenvalue weighted by molar-refractivity contribution is 6.03. The van der Waals surface area contributed by atoms with Crippen molar-refractivity contribution in [3.63, 3.8) is 0 Å². The maximum atomic E-state index is 13.6. The van der Waals surface area contributed by atoms with Gasteiger partial charge in [-0.25, -0.2) is 5.01 Å². The first-order valence-corrected chi connectivity index (χ1v) is 11.4. The van der Waals surface area contributed by atoms with Crippen molar-refractivity contribution in [3.8, 4) is 11.5 Å². The maximum Gasteiger partial charge on any atom is 0.262 e. The van der Waals surface area contributed by atoms with E-state index in [2.05, 4.69) is 5.32 Å². The number of fused-ring (bicyclic) bond motifs is 1. The van der Waals surface area contributed by atoms with Gasteiger partial charge in [-0.15, -0.1) is 0 Å². The van der Waals surface area contributed by atoms with Gasteiger partial charge in [-0.1, -0.05) is 12.1 Å². The monoisotopic (exact) mass is 474 g/mol. The van der Waals surface area contributed by atoms with Crippen LogP contribution in [0.5, 0.6) is 11.5 Å². The number of nitrogens with one attached hydrogen (secondary N) is 1. The Balaban J connectivity index is 1.42. The number of anilines is 1. The van der Waals surface area contributed by atoms with Crippen LogP contribution in [0.2, 0.25) is 0 Å². The molecule has 0 unspecified atom stereocenters. The Bertz CT molecular complexity index is 1240. The van der Waals surface area contributed by atoms with Crippen molar-refractivity contribution < 1.29 is 23.5 Å². The number of rotatable bonds is 6. The fourth-order valence-electron chi connectivity index (χ4n) is 4.39. The molecule has 2 aliphatic rings. The molecule has 0 saturated carbocycles. The van der Waals surface area contributed by atoms with Gasteiger partial charge in [0.2, 0.25) is 0 Å². The van der Waals surface area contributed by atoms with E-state index in [4.69, 9.17) is 19.0 Å². The Hall–Kier alpha value is -4.27. The van der Waals surface area contributed by atoms with E-state index in [0.717, 1.165) is 22.7 Å². The first-order chi connectivity index (χ1) is 17.1. The number of carbonyl (C=O) groups is 2. The smallest absolute Gasteiger partial charge is 0.262 e. The van der Waals surface area contributed by atoms with Gasteiger partial charge in [0.1, 0.15) is 23.3 Å². The van der Waals surface area contributed by atoms with Crippen LogP contribution >= 0.6 is 0 Å². The third-order valence-corrected chi connectivity index (χ3v) is 6.19. The molecule has 5 rings (SSSR count). The second-order valence-corrected chi connectivity index (χ2v) is 8.32. The van der Waals surface area contributed by atoms with Crippen LogP contribution in [0.3, 0.4) is 0 Å². The van der Waals surface area contributed by atoms with Crippen molar-refractivity contribution in [1.29, 1.82) is 0 Å². The molecule has 9 heteroatoms. The Kier molecular flexibility index (Phi) is 6.13. The van der Waals surface area contributed by atoms with Crippen LogP contribution in [0, 0.1) is 0 Å². The number of hydrogen-bond donors (Lipinski definition) is 1. The quantitative estimate of drug-likeness (QED) is 0.590. The standard InChI is InChI=1S/C26H26N4O5/c1-27-26(32)24-15-29(20-6-3-4-7-23(20)35-24)16-25(31)30-21(22-8-5-13-34-22)14-19(28-30)17-9-11-18(33-2)12-10-17/h3-13,21,24H,14-16H2,1-2H3,(H,27,32)/t21-,24-/m1/s1. The minimum atomic E-state index is -0.722. The molecule has 2 aromatic carbocycles. The molecular formula is C26H26N4O5. The molecule has 9 nitrogen and oxygen atoms in total.